The van der Waals surface area contributed by atoms with Gasteiger partial charge in [-0.25, -0.2) is 4.79 Å². The molecule has 0 atom stereocenters. The molecule has 0 saturated heterocycles. The number of methoxy groups -OCH3 is 1. The molecule has 4 nitrogen and oxygen atoms in total. The van der Waals surface area contributed by atoms with Gasteiger partial charge in [0.2, 0.25) is 0 Å². The van der Waals surface area contributed by atoms with Crippen molar-refractivity contribution in [2.75, 3.05) is 13.7 Å². The van der Waals surface area contributed by atoms with E-state index >= 15 is 0 Å². The molecule has 1 aromatic carbocycles. The molecule has 0 N–H and O–H groups in total. The van der Waals surface area contributed by atoms with E-state index in [1.807, 2.05) is 12.1 Å². The van der Waals surface area contributed by atoms with Crippen LogP contribution in [0.2, 0.25) is 0 Å². The van der Waals surface area contributed by atoms with Crippen molar-refractivity contribution < 1.29 is 14.3 Å². The van der Waals surface area contributed by atoms with Gasteiger partial charge in [-0.1, -0.05) is 6.07 Å². The molecule has 94 valence electrons. The fourth-order valence-corrected chi connectivity index (χ4v) is 2.04. The summed E-state index contributed by atoms with van der Waals surface area (Å²) in [6.45, 7) is 1.95. The maximum absolute atomic E-state index is 11.4. The SMILES string of the molecule is CCOC(=O)/C(C#N)=C/c1ccc(OC)c(I)c1. The molecule has 0 spiro atoms. The average Bonchev–Trinajstić information content (AvgIpc) is 2.36. The molecule has 0 aliphatic rings. The molecule has 0 unspecified atom stereocenters. The first kappa shape index (κ1) is 14.5. The van der Waals surface area contributed by atoms with Crippen LogP contribution in [0.15, 0.2) is 23.8 Å². The Kier molecular flexibility index (Phi) is 5.65. The number of carbonyl (C=O) groups is 1. The first-order chi connectivity index (χ1) is 8.62. The van der Waals surface area contributed by atoms with Gasteiger partial charge in [-0.2, -0.15) is 5.26 Å². The lowest BCUT2D eigenvalue weighted by atomic mass is 10.1. The number of carbonyl (C=O) groups excluding carboxylic acids is 1. The zero-order valence-electron chi connectivity index (χ0n) is 10.1. The van der Waals surface area contributed by atoms with E-state index in [2.05, 4.69) is 22.6 Å². The van der Waals surface area contributed by atoms with Crippen molar-refractivity contribution in [1.29, 1.82) is 5.26 Å². The van der Waals surface area contributed by atoms with Gasteiger partial charge in [-0.15, -0.1) is 0 Å². The van der Waals surface area contributed by atoms with Gasteiger partial charge in [0.1, 0.15) is 17.4 Å². The first-order valence-corrected chi connectivity index (χ1v) is 6.32. The summed E-state index contributed by atoms with van der Waals surface area (Å²) in [5.74, 6) is 0.146. The summed E-state index contributed by atoms with van der Waals surface area (Å²) < 4.78 is 10.8. The van der Waals surface area contributed by atoms with E-state index in [9.17, 15) is 4.79 Å². The number of nitriles is 1. The smallest absolute Gasteiger partial charge is 0.348 e. The number of benzene rings is 1. The molecule has 0 fully saturated rings. The van der Waals surface area contributed by atoms with Gasteiger partial charge in [-0.05, 0) is 53.3 Å². The summed E-state index contributed by atoms with van der Waals surface area (Å²) in [5.41, 5.74) is 0.739. The summed E-state index contributed by atoms with van der Waals surface area (Å²) in [4.78, 5) is 11.4. The molecule has 0 radical (unpaired) electrons. The Bertz CT molecular complexity index is 517. The van der Waals surface area contributed by atoms with Crippen molar-refractivity contribution in [1.82, 2.24) is 0 Å². The molecule has 0 aromatic heterocycles. The van der Waals surface area contributed by atoms with E-state index in [1.54, 1.807) is 26.2 Å². The Morgan fingerprint density at radius 1 is 1.56 bits per heavy atom. The Labute approximate surface area is 119 Å². The van der Waals surface area contributed by atoms with Gasteiger partial charge < -0.3 is 9.47 Å². The molecule has 0 heterocycles. The fourth-order valence-electron chi connectivity index (χ4n) is 1.28. The summed E-state index contributed by atoms with van der Waals surface area (Å²) in [5, 5.41) is 8.91. The number of hydrogen-bond acceptors (Lipinski definition) is 4. The standard InChI is InChI=1S/C13H12INO3/c1-3-18-13(16)10(8-15)6-9-4-5-12(17-2)11(14)7-9/h4-7H,3H2,1-2H3/b10-6+. The van der Waals surface area contributed by atoms with Crippen LogP contribution in [-0.2, 0) is 9.53 Å². The molecule has 1 rings (SSSR count). The van der Waals surface area contributed by atoms with Crippen LogP contribution in [0.5, 0.6) is 5.75 Å². The highest BCUT2D eigenvalue weighted by Gasteiger charge is 2.10. The van der Waals surface area contributed by atoms with Crippen LogP contribution in [0.1, 0.15) is 12.5 Å². The normalized spacial score (nSPS) is 10.7. The second-order valence-electron chi connectivity index (χ2n) is 3.28. The monoisotopic (exact) mass is 357 g/mol. The Balaban J connectivity index is 3.04. The molecule has 0 bridgehead atoms. The summed E-state index contributed by atoms with van der Waals surface area (Å²) >= 11 is 2.13. The van der Waals surface area contributed by atoms with E-state index in [4.69, 9.17) is 14.7 Å². The zero-order chi connectivity index (χ0) is 13.5. The van der Waals surface area contributed by atoms with Crippen molar-refractivity contribution in [3.05, 3.63) is 32.9 Å². The van der Waals surface area contributed by atoms with Crippen molar-refractivity contribution in [3.8, 4) is 11.8 Å². The van der Waals surface area contributed by atoms with Crippen molar-refractivity contribution >= 4 is 34.6 Å². The number of rotatable bonds is 4. The number of nitrogens with zero attached hydrogens (tertiary/aromatic N) is 1. The maximum Gasteiger partial charge on any atom is 0.348 e. The highest BCUT2D eigenvalue weighted by molar-refractivity contribution is 14.1. The fraction of sp³-hybridized carbons (Fsp3) is 0.231. The quantitative estimate of drug-likeness (QED) is 0.360. The molecular formula is C13H12INO3. The van der Waals surface area contributed by atoms with Crippen molar-refractivity contribution in [3.63, 3.8) is 0 Å². The largest absolute Gasteiger partial charge is 0.496 e. The third-order valence-electron chi connectivity index (χ3n) is 2.10. The third-order valence-corrected chi connectivity index (χ3v) is 2.95. The van der Waals surface area contributed by atoms with E-state index in [-0.39, 0.29) is 12.2 Å². The Morgan fingerprint density at radius 2 is 2.28 bits per heavy atom. The molecule has 0 amide bonds. The summed E-state index contributed by atoms with van der Waals surface area (Å²) in [6.07, 6.45) is 1.50. The van der Waals surface area contributed by atoms with Crippen LogP contribution < -0.4 is 4.74 Å². The van der Waals surface area contributed by atoms with E-state index in [0.29, 0.717) is 0 Å². The third kappa shape index (κ3) is 3.74. The van der Waals surface area contributed by atoms with Crippen LogP contribution in [0.3, 0.4) is 0 Å². The first-order valence-electron chi connectivity index (χ1n) is 5.24. The van der Waals surface area contributed by atoms with Crippen molar-refractivity contribution in [2.45, 2.75) is 6.92 Å². The highest BCUT2D eigenvalue weighted by Crippen LogP contribution is 2.22. The van der Waals surface area contributed by atoms with Crippen LogP contribution >= 0.6 is 22.6 Å². The number of hydrogen-bond donors (Lipinski definition) is 0. The van der Waals surface area contributed by atoms with Crippen LogP contribution in [0.4, 0.5) is 0 Å². The molecule has 5 heteroatoms. The van der Waals surface area contributed by atoms with Crippen LogP contribution in [0.25, 0.3) is 6.08 Å². The maximum atomic E-state index is 11.4. The van der Waals surface area contributed by atoms with E-state index < -0.39 is 5.97 Å². The lowest BCUT2D eigenvalue weighted by Gasteiger charge is -2.04. The molecule has 0 saturated carbocycles. The van der Waals surface area contributed by atoms with Gasteiger partial charge in [0.05, 0.1) is 17.3 Å². The predicted molar refractivity (Wildman–Crippen MR) is 75.9 cm³/mol. The lowest BCUT2D eigenvalue weighted by molar-refractivity contribution is -0.137. The molecule has 0 aliphatic heterocycles. The Hall–Kier alpha value is -1.55. The summed E-state index contributed by atoms with van der Waals surface area (Å²) in [7, 11) is 1.59. The predicted octanol–water partition coefficient (Wildman–Crippen LogP) is 2.77. The zero-order valence-corrected chi connectivity index (χ0v) is 12.2. The van der Waals surface area contributed by atoms with Gasteiger partial charge in [-0.3, -0.25) is 0 Å². The molecule has 18 heavy (non-hydrogen) atoms. The molecular weight excluding hydrogens is 345 g/mol. The summed E-state index contributed by atoms with van der Waals surface area (Å²) in [6, 6.07) is 7.23. The minimum Gasteiger partial charge on any atom is -0.496 e. The van der Waals surface area contributed by atoms with Crippen LogP contribution in [-0.4, -0.2) is 19.7 Å². The average molecular weight is 357 g/mol. The van der Waals surface area contributed by atoms with Gasteiger partial charge in [0, 0.05) is 0 Å². The second kappa shape index (κ2) is 7.01. The lowest BCUT2D eigenvalue weighted by Crippen LogP contribution is -2.06. The Morgan fingerprint density at radius 3 is 2.78 bits per heavy atom. The topological polar surface area (TPSA) is 59.3 Å². The van der Waals surface area contributed by atoms with Crippen molar-refractivity contribution in [2.24, 2.45) is 0 Å². The molecule has 1 aromatic rings. The van der Waals surface area contributed by atoms with E-state index in [1.165, 1.54) is 6.08 Å². The minimum atomic E-state index is -0.606. The molecule has 0 aliphatic carbocycles. The van der Waals surface area contributed by atoms with Crippen LogP contribution in [0, 0.1) is 14.9 Å². The number of esters is 1. The number of halogens is 1. The van der Waals surface area contributed by atoms with E-state index in [0.717, 1.165) is 14.9 Å². The van der Waals surface area contributed by atoms with Gasteiger partial charge in [0.25, 0.3) is 0 Å². The van der Waals surface area contributed by atoms with Gasteiger partial charge >= 0.3 is 5.97 Å². The van der Waals surface area contributed by atoms with Gasteiger partial charge in [0.15, 0.2) is 0 Å². The number of ether oxygens (including phenoxy) is 2. The minimum absolute atomic E-state index is 0.0159. The highest BCUT2D eigenvalue weighted by atomic mass is 127. The second-order valence-corrected chi connectivity index (χ2v) is 4.45.